The van der Waals surface area contributed by atoms with Gasteiger partial charge in [0.2, 0.25) is 5.89 Å². The zero-order valence-electron chi connectivity index (χ0n) is 10.8. The number of pyridine rings is 1. The van der Waals surface area contributed by atoms with Crippen molar-refractivity contribution in [2.45, 2.75) is 0 Å². The topological polar surface area (TPSA) is 65.2 Å². The van der Waals surface area contributed by atoms with E-state index >= 15 is 0 Å². The summed E-state index contributed by atoms with van der Waals surface area (Å²) in [5.41, 5.74) is 1.24. The van der Waals surface area contributed by atoms with Gasteiger partial charge < -0.3 is 9.15 Å². The minimum Gasteiger partial charge on any atom is -0.465 e. The smallest absolute Gasteiger partial charge is 0.338 e. The fraction of sp³-hybridized carbons (Fsp3) is 0.0714. The van der Waals surface area contributed by atoms with Crippen LogP contribution >= 0.6 is 11.6 Å². The number of aromatic nitrogens is 2. The number of rotatable bonds is 2. The summed E-state index contributed by atoms with van der Waals surface area (Å²) < 4.78 is 23.4. The Morgan fingerprint density at radius 1 is 1.38 bits per heavy atom. The van der Waals surface area contributed by atoms with Gasteiger partial charge in [0.25, 0.3) is 0 Å². The molecule has 0 amide bonds. The van der Waals surface area contributed by atoms with Crippen molar-refractivity contribution < 1.29 is 18.3 Å². The number of esters is 1. The third-order valence-corrected chi connectivity index (χ3v) is 3.06. The zero-order valence-corrected chi connectivity index (χ0v) is 11.5. The van der Waals surface area contributed by atoms with E-state index in [0.717, 1.165) is 0 Å². The van der Waals surface area contributed by atoms with Crippen LogP contribution in [0.25, 0.3) is 22.6 Å². The Bertz CT molecular complexity index is 847. The molecule has 0 fully saturated rings. The van der Waals surface area contributed by atoms with Crippen LogP contribution in [0.5, 0.6) is 0 Å². The average Bonchev–Trinajstić information content (AvgIpc) is 2.89. The Morgan fingerprint density at radius 2 is 2.19 bits per heavy atom. The predicted octanol–water partition coefficient (Wildman–Crippen LogP) is 3.47. The third kappa shape index (κ3) is 2.45. The van der Waals surface area contributed by atoms with Gasteiger partial charge >= 0.3 is 5.97 Å². The fourth-order valence-corrected chi connectivity index (χ4v) is 2.05. The van der Waals surface area contributed by atoms with E-state index in [9.17, 15) is 9.18 Å². The zero-order chi connectivity index (χ0) is 15.0. The van der Waals surface area contributed by atoms with E-state index in [1.54, 1.807) is 0 Å². The summed E-state index contributed by atoms with van der Waals surface area (Å²) in [6, 6.07) is 5.32. The Kier molecular flexibility index (Phi) is 3.31. The van der Waals surface area contributed by atoms with Crippen molar-refractivity contribution in [3.05, 3.63) is 47.0 Å². The van der Waals surface area contributed by atoms with Crippen molar-refractivity contribution >= 4 is 28.7 Å². The molecule has 7 heteroatoms. The van der Waals surface area contributed by atoms with Crippen molar-refractivity contribution in [2.24, 2.45) is 0 Å². The Hall–Kier alpha value is -2.47. The number of hydrogen-bond acceptors (Lipinski definition) is 5. The number of ether oxygens (including phenoxy) is 1. The Morgan fingerprint density at radius 3 is 2.95 bits per heavy atom. The van der Waals surface area contributed by atoms with Gasteiger partial charge in [0.1, 0.15) is 16.5 Å². The van der Waals surface area contributed by atoms with E-state index in [-0.39, 0.29) is 16.6 Å². The monoisotopic (exact) mass is 306 g/mol. The summed E-state index contributed by atoms with van der Waals surface area (Å²) in [4.78, 5) is 19.8. The molecule has 106 valence electrons. The molecule has 0 saturated heterocycles. The highest BCUT2D eigenvalue weighted by Crippen LogP contribution is 2.28. The Labute approximate surface area is 123 Å². The van der Waals surface area contributed by atoms with Gasteiger partial charge in [0.15, 0.2) is 5.58 Å². The van der Waals surface area contributed by atoms with E-state index < -0.39 is 11.8 Å². The fourth-order valence-electron chi connectivity index (χ4n) is 1.89. The molecule has 0 saturated carbocycles. The summed E-state index contributed by atoms with van der Waals surface area (Å²) in [7, 11) is 1.25. The third-order valence-electron chi connectivity index (χ3n) is 2.86. The van der Waals surface area contributed by atoms with Gasteiger partial charge in [-0.2, -0.15) is 0 Å². The quantitative estimate of drug-likeness (QED) is 0.536. The van der Waals surface area contributed by atoms with Gasteiger partial charge in [-0.05, 0) is 18.2 Å². The molecule has 0 aliphatic heterocycles. The van der Waals surface area contributed by atoms with Crippen LogP contribution in [0, 0.1) is 5.82 Å². The summed E-state index contributed by atoms with van der Waals surface area (Å²) in [6.07, 6.45) is 1.36. The molecule has 3 aromatic rings. The highest BCUT2D eigenvalue weighted by atomic mass is 35.5. The molecule has 5 nitrogen and oxygen atoms in total. The molecule has 0 atom stereocenters. The molecule has 0 unspecified atom stereocenters. The minimum absolute atomic E-state index is 0.139. The van der Waals surface area contributed by atoms with E-state index in [1.165, 1.54) is 37.6 Å². The molecular formula is C14H8ClFN2O3. The average molecular weight is 307 g/mol. The first-order valence-electron chi connectivity index (χ1n) is 5.89. The van der Waals surface area contributed by atoms with E-state index in [0.29, 0.717) is 16.7 Å². The molecule has 0 spiro atoms. The maximum absolute atomic E-state index is 13.2. The molecule has 0 radical (unpaired) electrons. The number of benzene rings is 1. The summed E-state index contributed by atoms with van der Waals surface area (Å²) in [5.74, 6) is -0.882. The van der Waals surface area contributed by atoms with Crippen LogP contribution < -0.4 is 0 Å². The van der Waals surface area contributed by atoms with Crippen molar-refractivity contribution in [3.63, 3.8) is 0 Å². The van der Waals surface area contributed by atoms with Gasteiger partial charge in [-0.1, -0.05) is 11.6 Å². The van der Waals surface area contributed by atoms with Crippen LogP contribution in [-0.4, -0.2) is 23.0 Å². The molecule has 0 aliphatic rings. The standard InChI is InChI=1S/C14H8ClFN2O3/c1-20-14(19)8-5-12(15)17-6-9(8)13-18-10-4-7(16)2-3-11(10)21-13/h2-6H,1H3. The SMILES string of the molecule is COC(=O)c1cc(Cl)ncc1-c1nc2cc(F)ccc2o1. The van der Waals surface area contributed by atoms with Gasteiger partial charge in [-0.25, -0.2) is 19.2 Å². The van der Waals surface area contributed by atoms with E-state index in [2.05, 4.69) is 9.97 Å². The molecule has 0 aliphatic carbocycles. The van der Waals surface area contributed by atoms with Gasteiger partial charge in [0.05, 0.1) is 18.2 Å². The van der Waals surface area contributed by atoms with Crippen LogP contribution in [0.3, 0.4) is 0 Å². The molecule has 2 heterocycles. The van der Waals surface area contributed by atoms with Gasteiger partial charge in [-0.3, -0.25) is 0 Å². The first-order chi connectivity index (χ1) is 10.1. The van der Waals surface area contributed by atoms with Gasteiger partial charge in [0, 0.05) is 12.3 Å². The van der Waals surface area contributed by atoms with Crippen molar-refractivity contribution in [1.29, 1.82) is 0 Å². The van der Waals surface area contributed by atoms with Crippen molar-refractivity contribution in [1.82, 2.24) is 9.97 Å². The largest absolute Gasteiger partial charge is 0.465 e. The van der Waals surface area contributed by atoms with Crippen LogP contribution in [0.2, 0.25) is 5.15 Å². The molecule has 1 aromatic carbocycles. The van der Waals surface area contributed by atoms with E-state index in [1.807, 2.05) is 0 Å². The molecule has 2 aromatic heterocycles. The number of halogens is 2. The first kappa shape index (κ1) is 13.5. The molecular weight excluding hydrogens is 299 g/mol. The van der Waals surface area contributed by atoms with Crippen LogP contribution in [0.4, 0.5) is 4.39 Å². The number of nitrogens with zero attached hydrogens (tertiary/aromatic N) is 2. The number of methoxy groups -OCH3 is 1. The highest BCUT2D eigenvalue weighted by Gasteiger charge is 2.19. The second kappa shape index (κ2) is 5.14. The van der Waals surface area contributed by atoms with Crippen molar-refractivity contribution in [3.8, 4) is 11.5 Å². The molecule has 0 bridgehead atoms. The van der Waals surface area contributed by atoms with Crippen LogP contribution in [-0.2, 0) is 4.74 Å². The number of carbonyl (C=O) groups excluding carboxylic acids is 1. The van der Waals surface area contributed by atoms with E-state index in [4.69, 9.17) is 20.8 Å². The Balaban J connectivity index is 2.20. The number of fused-ring (bicyclic) bond motifs is 1. The lowest BCUT2D eigenvalue weighted by atomic mass is 10.1. The van der Waals surface area contributed by atoms with Gasteiger partial charge in [-0.15, -0.1) is 0 Å². The lowest BCUT2D eigenvalue weighted by molar-refractivity contribution is 0.0601. The molecule has 21 heavy (non-hydrogen) atoms. The number of carbonyl (C=O) groups is 1. The number of hydrogen-bond donors (Lipinski definition) is 0. The minimum atomic E-state index is -0.595. The second-order valence-electron chi connectivity index (χ2n) is 4.18. The molecule has 0 N–H and O–H groups in total. The number of oxazole rings is 1. The van der Waals surface area contributed by atoms with Crippen LogP contribution in [0.15, 0.2) is 34.9 Å². The summed E-state index contributed by atoms with van der Waals surface area (Å²) in [5, 5.41) is 0.140. The lowest BCUT2D eigenvalue weighted by Crippen LogP contribution is -2.04. The normalized spacial score (nSPS) is 10.8. The second-order valence-corrected chi connectivity index (χ2v) is 4.56. The predicted molar refractivity (Wildman–Crippen MR) is 73.5 cm³/mol. The molecule has 3 rings (SSSR count). The first-order valence-corrected chi connectivity index (χ1v) is 6.26. The van der Waals surface area contributed by atoms with Crippen LogP contribution in [0.1, 0.15) is 10.4 Å². The summed E-state index contributed by atoms with van der Waals surface area (Å²) >= 11 is 5.79. The summed E-state index contributed by atoms with van der Waals surface area (Å²) in [6.45, 7) is 0. The van der Waals surface area contributed by atoms with Crippen molar-refractivity contribution in [2.75, 3.05) is 7.11 Å². The highest BCUT2D eigenvalue weighted by molar-refractivity contribution is 6.29. The lowest BCUT2D eigenvalue weighted by Gasteiger charge is -2.04. The maximum Gasteiger partial charge on any atom is 0.338 e. The maximum atomic E-state index is 13.2.